The van der Waals surface area contributed by atoms with Crippen LogP contribution in [-0.2, 0) is 4.52 Å². The summed E-state index contributed by atoms with van der Waals surface area (Å²) in [6.45, 7) is 2.04. The molecular formula is C2H5ClFOP. The van der Waals surface area contributed by atoms with Crippen LogP contribution < -0.4 is 0 Å². The molecule has 0 fully saturated rings. The van der Waals surface area contributed by atoms with E-state index in [0.29, 0.717) is 6.61 Å². The Morgan fingerprint density at radius 2 is 2.50 bits per heavy atom. The standard InChI is InChI=1S/C2H5ClFOP/c1-2-5-6(3)4/h2H2,1H3. The summed E-state index contributed by atoms with van der Waals surface area (Å²) < 4.78 is 15.5. The largest absolute Gasteiger partial charge is 0.321 e. The minimum atomic E-state index is -2.13. The van der Waals surface area contributed by atoms with Crippen molar-refractivity contribution in [3.63, 3.8) is 0 Å². The lowest BCUT2D eigenvalue weighted by Crippen LogP contribution is -1.70. The maximum absolute atomic E-state index is 11.3. The summed E-state index contributed by atoms with van der Waals surface area (Å²) in [6, 6.07) is 0. The number of hydrogen-bond acceptors (Lipinski definition) is 1. The molecule has 0 spiro atoms. The summed E-state index contributed by atoms with van der Waals surface area (Å²) in [4.78, 5) is 0. The van der Waals surface area contributed by atoms with Gasteiger partial charge in [0.15, 0.2) is 0 Å². The number of halogens is 2. The van der Waals surface area contributed by atoms with Gasteiger partial charge in [0.05, 0.1) is 6.61 Å². The number of hydrogen-bond donors (Lipinski definition) is 0. The van der Waals surface area contributed by atoms with Gasteiger partial charge >= 0.3 is 7.81 Å². The van der Waals surface area contributed by atoms with Crippen molar-refractivity contribution in [3.8, 4) is 0 Å². The molecule has 1 nitrogen and oxygen atoms in total. The van der Waals surface area contributed by atoms with Crippen LogP contribution in [0.3, 0.4) is 0 Å². The van der Waals surface area contributed by atoms with Crippen LogP contribution in [0.5, 0.6) is 0 Å². The fourth-order valence-electron chi connectivity index (χ4n) is 0.0976. The molecule has 0 N–H and O–H groups in total. The summed E-state index contributed by atoms with van der Waals surface area (Å²) in [7, 11) is -2.13. The van der Waals surface area contributed by atoms with E-state index in [9.17, 15) is 4.20 Å². The lowest BCUT2D eigenvalue weighted by molar-refractivity contribution is 0.366. The Morgan fingerprint density at radius 3 is 2.50 bits per heavy atom. The molecule has 0 aliphatic rings. The molecule has 4 heteroatoms. The van der Waals surface area contributed by atoms with Crippen molar-refractivity contribution in [3.05, 3.63) is 0 Å². The highest BCUT2D eigenvalue weighted by Gasteiger charge is 1.95. The van der Waals surface area contributed by atoms with Crippen LogP contribution >= 0.6 is 19.1 Å². The normalized spacial score (nSPS) is 14.5. The van der Waals surface area contributed by atoms with E-state index >= 15 is 0 Å². The van der Waals surface area contributed by atoms with E-state index in [1.807, 2.05) is 0 Å². The molecule has 0 aromatic rings. The highest BCUT2D eigenvalue weighted by atomic mass is 35.7. The van der Waals surface area contributed by atoms with Gasteiger partial charge in [0.25, 0.3) is 0 Å². The Morgan fingerprint density at radius 1 is 2.00 bits per heavy atom. The lowest BCUT2D eigenvalue weighted by Gasteiger charge is -1.91. The Balaban J connectivity index is 2.63. The van der Waals surface area contributed by atoms with Crippen molar-refractivity contribution >= 4 is 19.1 Å². The maximum atomic E-state index is 11.3. The third-order valence-electron chi connectivity index (χ3n) is 0.227. The highest BCUT2D eigenvalue weighted by Crippen LogP contribution is 2.43. The second-order valence-electron chi connectivity index (χ2n) is 0.620. The first-order chi connectivity index (χ1) is 2.77. The van der Waals surface area contributed by atoms with Crippen LogP contribution in [0.2, 0.25) is 0 Å². The lowest BCUT2D eigenvalue weighted by atomic mass is 10.9. The van der Waals surface area contributed by atoms with Gasteiger partial charge in [-0.15, -0.1) is 0 Å². The fraction of sp³-hybridized carbons (Fsp3) is 1.00. The second-order valence-corrected chi connectivity index (χ2v) is 2.08. The zero-order valence-corrected chi connectivity index (χ0v) is 4.97. The molecule has 0 saturated carbocycles. The average molecular weight is 130 g/mol. The zero-order chi connectivity index (χ0) is 4.99. The molecule has 1 unspecified atom stereocenters. The van der Waals surface area contributed by atoms with Gasteiger partial charge in [-0.3, -0.25) is 0 Å². The molecule has 38 valence electrons. The molecule has 0 aliphatic carbocycles. The Kier molecular flexibility index (Phi) is 4.17. The van der Waals surface area contributed by atoms with Gasteiger partial charge < -0.3 is 4.52 Å². The minimum Gasteiger partial charge on any atom is -0.319 e. The Labute approximate surface area is 42.2 Å². The molecule has 6 heavy (non-hydrogen) atoms. The molecule has 0 rings (SSSR count). The first-order valence-corrected chi connectivity index (χ1v) is 3.57. The minimum absolute atomic E-state index is 0.353. The summed E-state index contributed by atoms with van der Waals surface area (Å²) in [5, 5.41) is 0. The smallest absolute Gasteiger partial charge is 0.319 e. The van der Waals surface area contributed by atoms with Gasteiger partial charge in [-0.1, -0.05) is 0 Å². The molecular weight excluding hydrogens is 125 g/mol. The third kappa shape index (κ3) is 4.61. The van der Waals surface area contributed by atoms with E-state index in [1.165, 1.54) is 0 Å². The van der Waals surface area contributed by atoms with E-state index < -0.39 is 7.81 Å². The maximum Gasteiger partial charge on any atom is 0.321 e. The van der Waals surface area contributed by atoms with Crippen molar-refractivity contribution < 1.29 is 8.72 Å². The average Bonchev–Trinajstić information content (AvgIpc) is 1.35. The second kappa shape index (κ2) is 3.79. The van der Waals surface area contributed by atoms with Gasteiger partial charge in [0, 0.05) is 0 Å². The molecule has 0 heterocycles. The molecule has 1 atom stereocenters. The van der Waals surface area contributed by atoms with E-state index in [1.54, 1.807) is 6.92 Å². The van der Waals surface area contributed by atoms with Crippen molar-refractivity contribution in [1.29, 1.82) is 0 Å². The molecule has 0 saturated heterocycles. The first kappa shape index (κ1) is 6.61. The molecule has 0 bridgehead atoms. The van der Waals surface area contributed by atoms with Gasteiger partial charge in [-0.2, -0.15) is 4.20 Å². The first-order valence-electron chi connectivity index (χ1n) is 1.52. The summed E-state index contributed by atoms with van der Waals surface area (Å²) in [5.41, 5.74) is 0. The summed E-state index contributed by atoms with van der Waals surface area (Å²) in [6.07, 6.45) is 0. The molecule has 0 aliphatic heterocycles. The molecule has 0 amide bonds. The van der Waals surface area contributed by atoms with Crippen LogP contribution in [0.15, 0.2) is 0 Å². The predicted molar refractivity (Wildman–Crippen MR) is 25.5 cm³/mol. The predicted octanol–water partition coefficient (Wildman–Crippen LogP) is 2.46. The van der Waals surface area contributed by atoms with Crippen LogP contribution in [0.1, 0.15) is 6.92 Å². The van der Waals surface area contributed by atoms with Crippen molar-refractivity contribution in [1.82, 2.24) is 0 Å². The van der Waals surface area contributed by atoms with Gasteiger partial charge in [-0.05, 0) is 18.2 Å². The van der Waals surface area contributed by atoms with Gasteiger partial charge in [0.1, 0.15) is 0 Å². The third-order valence-corrected chi connectivity index (χ3v) is 0.973. The highest BCUT2D eigenvalue weighted by molar-refractivity contribution is 7.75. The molecule has 0 radical (unpaired) electrons. The topological polar surface area (TPSA) is 9.23 Å². The SMILES string of the molecule is CCOP(F)Cl. The van der Waals surface area contributed by atoms with Gasteiger partial charge in [0.2, 0.25) is 0 Å². The van der Waals surface area contributed by atoms with Crippen LogP contribution in [0.4, 0.5) is 4.20 Å². The Hall–Kier alpha value is 0.610. The van der Waals surface area contributed by atoms with E-state index in [-0.39, 0.29) is 0 Å². The molecule has 0 aromatic carbocycles. The zero-order valence-electron chi connectivity index (χ0n) is 3.32. The monoisotopic (exact) mass is 130 g/mol. The van der Waals surface area contributed by atoms with Crippen LogP contribution in [0.25, 0.3) is 0 Å². The van der Waals surface area contributed by atoms with E-state index in [0.717, 1.165) is 0 Å². The fourth-order valence-corrected chi connectivity index (χ4v) is 0.586. The number of rotatable bonds is 2. The van der Waals surface area contributed by atoms with Gasteiger partial charge in [-0.25, -0.2) is 0 Å². The molecule has 0 aromatic heterocycles. The van der Waals surface area contributed by atoms with Crippen molar-refractivity contribution in [2.45, 2.75) is 6.92 Å². The quantitative estimate of drug-likeness (QED) is 0.522. The van der Waals surface area contributed by atoms with E-state index in [4.69, 9.17) is 11.2 Å². The summed E-state index contributed by atoms with van der Waals surface area (Å²) >= 11 is 4.75. The Bertz CT molecular complexity index is 34.7. The van der Waals surface area contributed by atoms with Crippen LogP contribution in [-0.4, -0.2) is 6.61 Å². The summed E-state index contributed by atoms with van der Waals surface area (Å²) in [5.74, 6) is 0. The van der Waals surface area contributed by atoms with Crippen molar-refractivity contribution in [2.75, 3.05) is 6.61 Å². The van der Waals surface area contributed by atoms with Crippen LogP contribution in [0, 0.1) is 0 Å². The van der Waals surface area contributed by atoms with Crippen molar-refractivity contribution in [2.24, 2.45) is 0 Å². The van der Waals surface area contributed by atoms with E-state index in [2.05, 4.69) is 4.52 Å².